The average Bonchev–Trinajstić information content (AvgIpc) is 2.17. The fraction of sp³-hybridized carbons (Fsp3) is 0.300. The van der Waals surface area contributed by atoms with Gasteiger partial charge in [-0.05, 0) is 18.2 Å². The maximum Gasteiger partial charge on any atom is 0.573 e. The summed E-state index contributed by atoms with van der Waals surface area (Å²) in [4.78, 5) is 10.4. The van der Waals surface area contributed by atoms with Gasteiger partial charge in [0.15, 0.2) is 0 Å². The van der Waals surface area contributed by atoms with E-state index in [1.54, 1.807) is 0 Å². The number of carbonyl (C=O) groups is 1. The lowest BCUT2D eigenvalue weighted by molar-refractivity contribution is -0.274. The van der Waals surface area contributed by atoms with Crippen molar-refractivity contribution in [2.24, 2.45) is 0 Å². The van der Waals surface area contributed by atoms with Crippen molar-refractivity contribution >= 4 is 5.97 Å². The highest BCUT2D eigenvalue weighted by Gasteiger charge is 2.32. The smallest absolute Gasteiger partial charge is 0.481 e. The molecule has 0 bridgehead atoms. The third-order valence-corrected chi connectivity index (χ3v) is 1.90. The number of hydrogen-bond acceptors (Lipinski definition) is 2. The molecule has 0 aliphatic rings. The van der Waals surface area contributed by atoms with E-state index in [-0.39, 0.29) is 0 Å². The number of hydrogen-bond donors (Lipinski definition) is 1. The van der Waals surface area contributed by atoms with Crippen LogP contribution in [0.4, 0.5) is 22.0 Å². The molecule has 0 amide bonds. The second-order valence-electron chi connectivity index (χ2n) is 3.29. The summed E-state index contributed by atoms with van der Waals surface area (Å²) in [5.41, 5.74) is -1.03. The van der Waals surface area contributed by atoms with Crippen LogP contribution < -0.4 is 4.74 Å². The molecule has 0 saturated heterocycles. The molecule has 0 heterocycles. The first-order chi connectivity index (χ1) is 8.19. The minimum atomic E-state index is -5.01. The van der Waals surface area contributed by atoms with Crippen LogP contribution in [0.25, 0.3) is 0 Å². The average molecular weight is 270 g/mol. The molecule has 0 aliphatic carbocycles. The molecule has 8 heteroatoms. The molecule has 1 aromatic carbocycles. The summed E-state index contributed by atoms with van der Waals surface area (Å²) < 4.78 is 64.2. The van der Waals surface area contributed by atoms with E-state index in [0.717, 1.165) is 6.07 Å². The summed E-state index contributed by atoms with van der Waals surface area (Å²) in [6, 6.07) is 2.10. The molecule has 0 aliphatic heterocycles. The molecule has 0 atom stereocenters. The van der Waals surface area contributed by atoms with Crippen LogP contribution in [0, 0.1) is 0 Å². The zero-order valence-electron chi connectivity index (χ0n) is 8.67. The van der Waals surface area contributed by atoms with Crippen LogP contribution in [0.15, 0.2) is 18.2 Å². The van der Waals surface area contributed by atoms with Crippen molar-refractivity contribution in [3.05, 3.63) is 29.3 Å². The predicted octanol–water partition coefficient (Wildman–Crippen LogP) is 3.15. The monoisotopic (exact) mass is 270 g/mol. The maximum absolute atomic E-state index is 12.3. The van der Waals surface area contributed by atoms with Gasteiger partial charge in [-0.2, -0.15) is 0 Å². The van der Waals surface area contributed by atoms with E-state index in [1.165, 1.54) is 0 Å². The Kier molecular flexibility index (Phi) is 4.10. The molecule has 1 N–H and O–H groups in total. The Morgan fingerprint density at radius 2 is 1.94 bits per heavy atom. The number of halogens is 5. The topological polar surface area (TPSA) is 46.5 Å². The summed E-state index contributed by atoms with van der Waals surface area (Å²) in [7, 11) is 0. The maximum atomic E-state index is 12.3. The number of ether oxygens (including phenoxy) is 1. The molecule has 18 heavy (non-hydrogen) atoms. The van der Waals surface area contributed by atoms with Crippen molar-refractivity contribution in [1.29, 1.82) is 0 Å². The van der Waals surface area contributed by atoms with Crippen LogP contribution in [0.3, 0.4) is 0 Å². The van der Waals surface area contributed by atoms with Crippen molar-refractivity contribution in [2.75, 3.05) is 0 Å². The van der Waals surface area contributed by atoms with Crippen LogP contribution in [-0.4, -0.2) is 17.4 Å². The number of alkyl halides is 5. The highest BCUT2D eigenvalue weighted by atomic mass is 19.4. The SMILES string of the molecule is O=C(O)Cc1cc(C(F)F)ccc1OC(F)(F)F. The van der Waals surface area contributed by atoms with E-state index in [4.69, 9.17) is 5.11 Å². The van der Waals surface area contributed by atoms with Gasteiger partial charge in [-0.25, -0.2) is 8.78 Å². The first kappa shape index (κ1) is 14.2. The molecular formula is C10H7F5O3. The Balaban J connectivity index is 3.12. The van der Waals surface area contributed by atoms with Crippen LogP contribution in [0.2, 0.25) is 0 Å². The Morgan fingerprint density at radius 1 is 1.33 bits per heavy atom. The Hall–Kier alpha value is -1.86. The highest BCUT2D eigenvalue weighted by molar-refractivity contribution is 5.71. The van der Waals surface area contributed by atoms with Crippen molar-refractivity contribution in [3.63, 3.8) is 0 Å². The van der Waals surface area contributed by atoms with Gasteiger partial charge < -0.3 is 9.84 Å². The van der Waals surface area contributed by atoms with Crippen molar-refractivity contribution in [2.45, 2.75) is 19.2 Å². The van der Waals surface area contributed by atoms with Crippen molar-refractivity contribution in [1.82, 2.24) is 0 Å². The van der Waals surface area contributed by atoms with Gasteiger partial charge in [0.2, 0.25) is 0 Å². The lowest BCUT2D eigenvalue weighted by Gasteiger charge is -2.13. The summed E-state index contributed by atoms with van der Waals surface area (Å²) >= 11 is 0. The molecule has 0 saturated carbocycles. The van der Waals surface area contributed by atoms with Gasteiger partial charge in [-0.1, -0.05) is 0 Å². The second kappa shape index (κ2) is 5.19. The van der Waals surface area contributed by atoms with E-state index in [1.807, 2.05) is 0 Å². The first-order valence-corrected chi connectivity index (χ1v) is 4.57. The minimum Gasteiger partial charge on any atom is -0.481 e. The van der Waals surface area contributed by atoms with E-state index < -0.39 is 42.1 Å². The number of benzene rings is 1. The standard InChI is InChI=1S/C10H7F5O3/c11-9(12)5-1-2-7(18-10(13,14)15)6(3-5)4-8(16)17/h1-3,9H,4H2,(H,16,17). The zero-order valence-corrected chi connectivity index (χ0v) is 8.67. The van der Waals surface area contributed by atoms with E-state index in [0.29, 0.717) is 12.1 Å². The molecule has 1 aromatic rings. The Bertz CT molecular complexity index is 442. The van der Waals surface area contributed by atoms with Crippen LogP contribution in [0.5, 0.6) is 5.75 Å². The normalized spacial score (nSPS) is 11.7. The van der Waals surface area contributed by atoms with Gasteiger partial charge in [0.25, 0.3) is 6.43 Å². The molecule has 3 nitrogen and oxygen atoms in total. The zero-order chi connectivity index (χ0) is 13.9. The third kappa shape index (κ3) is 4.19. The van der Waals surface area contributed by atoms with Crippen molar-refractivity contribution in [3.8, 4) is 5.75 Å². The number of rotatable bonds is 4. The number of aliphatic carboxylic acids is 1. The van der Waals surface area contributed by atoms with Gasteiger partial charge in [0.05, 0.1) is 6.42 Å². The summed E-state index contributed by atoms with van der Waals surface area (Å²) in [6.45, 7) is 0. The number of carboxylic acids is 1. The highest BCUT2D eigenvalue weighted by Crippen LogP contribution is 2.30. The molecule has 0 radical (unpaired) electrons. The lowest BCUT2D eigenvalue weighted by Crippen LogP contribution is -2.18. The molecule has 100 valence electrons. The lowest BCUT2D eigenvalue weighted by atomic mass is 10.1. The molecule has 0 fully saturated rings. The Labute approximate surface area is 97.8 Å². The fourth-order valence-corrected chi connectivity index (χ4v) is 1.26. The number of carboxylic acid groups (broad SMARTS) is 1. The predicted molar refractivity (Wildman–Crippen MR) is 49.4 cm³/mol. The summed E-state index contributed by atoms with van der Waals surface area (Å²) in [5, 5.41) is 8.49. The van der Waals surface area contributed by atoms with Crippen LogP contribution >= 0.6 is 0 Å². The molecule has 0 aromatic heterocycles. The first-order valence-electron chi connectivity index (χ1n) is 4.57. The largest absolute Gasteiger partial charge is 0.573 e. The van der Waals surface area contributed by atoms with Gasteiger partial charge in [0.1, 0.15) is 5.75 Å². The molecule has 1 rings (SSSR count). The third-order valence-electron chi connectivity index (χ3n) is 1.90. The van der Waals surface area contributed by atoms with Gasteiger partial charge >= 0.3 is 12.3 Å². The summed E-state index contributed by atoms with van der Waals surface area (Å²) in [6.07, 6.45) is -8.76. The van der Waals surface area contributed by atoms with Crippen LogP contribution in [-0.2, 0) is 11.2 Å². The van der Waals surface area contributed by atoms with E-state index >= 15 is 0 Å². The second-order valence-corrected chi connectivity index (χ2v) is 3.29. The molecule has 0 unspecified atom stereocenters. The quantitative estimate of drug-likeness (QED) is 0.855. The van der Waals surface area contributed by atoms with Gasteiger partial charge in [-0.15, -0.1) is 13.2 Å². The fourth-order valence-electron chi connectivity index (χ4n) is 1.26. The minimum absolute atomic E-state index is 0.461. The van der Waals surface area contributed by atoms with E-state index in [2.05, 4.69) is 4.74 Å². The van der Waals surface area contributed by atoms with Crippen LogP contribution in [0.1, 0.15) is 17.6 Å². The van der Waals surface area contributed by atoms with E-state index in [9.17, 15) is 26.7 Å². The van der Waals surface area contributed by atoms with Gasteiger partial charge in [0, 0.05) is 11.1 Å². The molecular weight excluding hydrogens is 263 g/mol. The molecule has 0 spiro atoms. The van der Waals surface area contributed by atoms with Gasteiger partial charge in [-0.3, -0.25) is 4.79 Å². The van der Waals surface area contributed by atoms with Crippen molar-refractivity contribution < 1.29 is 36.6 Å². The Morgan fingerprint density at radius 3 is 2.39 bits per heavy atom. The summed E-state index contributed by atoms with van der Waals surface area (Å²) in [5.74, 6) is -2.25.